The molecule has 5 atom stereocenters. The Bertz CT molecular complexity index is 1300. The van der Waals surface area contributed by atoms with E-state index in [-0.39, 0.29) is 24.4 Å². The minimum atomic E-state index is -2.03. The maximum absolute atomic E-state index is 13.4. The largest absolute Gasteiger partial charge is 0.507 e. The summed E-state index contributed by atoms with van der Waals surface area (Å²) in [4.78, 5) is 38.1. The molecular weight excluding hydrogens is 479 g/mol. The van der Waals surface area contributed by atoms with Crippen LogP contribution in [-0.2, 0) is 4.74 Å². The molecule has 0 saturated carbocycles. The molecule has 0 spiro atoms. The van der Waals surface area contributed by atoms with E-state index in [0.29, 0.717) is 6.07 Å². The number of hydrogen-bond acceptors (Lipinski definition) is 12. The molecule has 1 heterocycles. The van der Waals surface area contributed by atoms with Crippen molar-refractivity contribution in [2.45, 2.75) is 37.4 Å². The first-order valence-electron chi connectivity index (χ1n) is 10.2. The number of aromatic carboxylic acids is 1. The standard InChI is InChI=1S/C22H20O13.Li/c1-4-8-5(2-6(24)9(4)22(33)34)13(25)10-11(15(8)27)16(28)12(18(30)17(10)29)21-20(32)19(31)14(26)7(3-23)35-21;/h2,7,14,19-21,23-24,26,28-32H,3H2,1H3,(H,33,34);/t7-,14-,19+,20-,21+;/m1./s1. The molecule has 1 fully saturated rings. The van der Waals surface area contributed by atoms with Gasteiger partial charge in [0.15, 0.2) is 23.1 Å². The van der Waals surface area contributed by atoms with E-state index in [0.717, 1.165) is 6.92 Å². The number of carboxylic acid groups (broad SMARTS) is 1. The van der Waals surface area contributed by atoms with Gasteiger partial charge in [-0.2, -0.15) is 0 Å². The molecule has 14 heteroatoms. The van der Waals surface area contributed by atoms with Crippen LogP contribution in [0.2, 0.25) is 0 Å². The summed E-state index contributed by atoms with van der Waals surface area (Å²) in [6.07, 6.45) is -9.12. The smallest absolute Gasteiger partial charge is 0.339 e. The van der Waals surface area contributed by atoms with Crippen LogP contribution in [-0.4, -0.2) is 113 Å². The maximum Gasteiger partial charge on any atom is 0.339 e. The van der Waals surface area contributed by atoms with E-state index in [4.69, 9.17) is 4.74 Å². The number of carboxylic acids is 1. The molecule has 13 nitrogen and oxygen atoms in total. The fourth-order valence-corrected chi connectivity index (χ4v) is 4.58. The number of phenols is 4. The van der Waals surface area contributed by atoms with Crippen molar-refractivity contribution in [1.29, 1.82) is 0 Å². The monoisotopic (exact) mass is 499 g/mol. The molecule has 0 unspecified atom stereocenters. The van der Waals surface area contributed by atoms with Crippen molar-refractivity contribution in [1.82, 2.24) is 0 Å². The van der Waals surface area contributed by atoms with Crippen LogP contribution in [0, 0.1) is 6.92 Å². The van der Waals surface area contributed by atoms with Crippen LogP contribution >= 0.6 is 0 Å². The zero-order valence-corrected chi connectivity index (χ0v) is 18.8. The van der Waals surface area contributed by atoms with E-state index < -0.39 is 111 Å². The average molecular weight is 499 g/mol. The third kappa shape index (κ3) is 3.64. The van der Waals surface area contributed by atoms with Gasteiger partial charge in [-0.05, 0) is 18.6 Å². The molecule has 2 aromatic rings. The molecule has 36 heavy (non-hydrogen) atoms. The summed E-state index contributed by atoms with van der Waals surface area (Å²) < 4.78 is 5.30. The second kappa shape index (κ2) is 9.38. The van der Waals surface area contributed by atoms with E-state index in [1.54, 1.807) is 0 Å². The number of benzene rings is 2. The topological polar surface area (TPSA) is 243 Å². The number of hydrogen-bond donors (Lipinski definition) is 9. The van der Waals surface area contributed by atoms with Gasteiger partial charge in [-0.3, -0.25) is 9.59 Å². The molecule has 0 bridgehead atoms. The van der Waals surface area contributed by atoms with Crippen molar-refractivity contribution in [2.75, 3.05) is 6.61 Å². The van der Waals surface area contributed by atoms with Crippen LogP contribution in [0.4, 0.5) is 0 Å². The van der Waals surface area contributed by atoms with Gasteiger partial charge in [0, 0.05) is 30.0 Å². The Labute approximate surface area is 213 Å². The molecule has 9 N–H and O–H groups in total. The normalized spacial score (nSPS) is 25.1. The van der Waals surface area contributed by atoms with Crippen LogP contribution in [0.1, 0.15) is 59.4 Å². The van der Waals surface area contributed by atoms with Gasteiger partial charge in [0.1, 0.15) is 47.6 Å². The van der Waals surface area contributed by atoms with E-state index >= 15 is 0 Å². The molecular formula is C22H20LiO13. The van der Waals surface area contributed by atoms with Crippen LogP contribution in [0.5, 0.6) is 23.0 Å². The second-order valence-corrected chi connectivity index (χ2v) is 8.24. The third-order valence-corrected chi connectivity index (χ3v) is 6.33. The molecule has 2 aromatic carbocycles. The molecule has 2 aliphatic rings. The number of carbonyl (C=O) groups is 3. The summed E-state index contributed by atoms with van der Waals surface area (Å²) in [6.45, 7) is 0.291. The Morgan fingerprint density at radius 1 is 0.889 bits per heavy atom. The van der Waals surface area contributed by atoms with E-state index in [1.807, 2.05) is 0 Å². The summed E-state index contributed by atoms with van der Waals surface area (Å²) in [7, 11) is 0. The Hall–Kier alpha value is -3.15. The zero-order valence-electron chi connectivity index (χ0n) is 18.8. The van der Waals surface area contributed by atoms with Gasteiger partial charge in [0.2, 0.25) is 0 Å². The van der Waals surface area contributed by atoms with Gasteiger partial charge in [0.25, 0.3) is 0 Å². The minimum absolute atomic E-state index is 0. The molecule has 1 aliphatic heterocycles. The van der Waals surface area contributed by atoms with Gasteiger partial charge in [-0.25, -0.2) is 4.79 Å². The molecule has 4 rings (SSSR count). The molecule has 1 aliphatic carbocycles. The third-order valence-electron chi connectivity index (χ3n) is 6.33. The number of aliphatic hydroxyl groups excluding tert-OH is 4. The molecule has 0 aromatic heterocycles. The van der Waals surface area contributed by atoms with E-state index in [1.165, 1.54) is 0 Å². The van der Waals surface area contributed by atoms with Gasteiger partial charge >= 0.3 is 5.97 Å². The zero-order chi connectivity index (χ0) is 26.1. The Balaban J connectivity index is 0.00000361. The molecule has 187 valence electrons. The van der Waals surface area contributed by atoms with Gasteiger partial charge < -0.3 is 50.7 Å². The fraction of sp³-hybridized carbons (Fsp3) is 0.318. The summed E-state index contributed by atoms with van der Waals surface area (Å²) in [5.74, 6) is -8.24. The Kier molecular flexibility index (Phi) is 7.15. The predicted molar refractivity (Wildman–Crippen MR) is 117 cm³/mol. The van der Waals surface area contributed by atoms with E-state index in [2.05, 4.69) is 0 Å². The summed E-state index contributed by atoms with van der Waals surface area (Å²) >= 11 is 0. The second-order valence-electron chi connectivity index (χ2n) is 8.24. The first-order valence-corrected chi connectivity index (χ1v) is 10.2. The maximum atomic E-state index is 13.4. The number of rotatable bonds is 3. The van der Waals surface area contributed by atoms with Crippen molar-refractivity contribution >= 4 is 36.4 Å². The minimum Gasteiger partial charge on any atom is -0.507 e. The Morgan fingerprint density at radius 3 is 2.03 bits per heavy atom. The number of ketones is 2. The number of ether oxygens (including phenoxy) is 1. The van der Waals surface area contributed by atoms with Crippen molar-refractivity contribution in [3.8, 4) is 23.0 Å². The van der Waals surface area contributed by atoms with E-state index in [9.17, 15) is 60.3 Å². The Morgan fingerprint density at radius 2 is 1.47 bits per heavy atom. The van der Waals surface area contributed by atoms with Crippen molar-refractivity contribution in [3.05, 3.63) is 45.0 Å². The summed E-state index contributed by atoms with van der Waals surface area (Å²) in [5, 5.41) is 91.5. The number of carbonyl (C=O) groups excluding carboxylic acids is 2. The molecule has 0 amide bonds. The van der Waals surface area contributed by atoms with Crippen molar-refractivity contribution < 1.29 is 65.1 Å². The molecule has 1 radical (unpaired) electrons. The number of aromatic hydroxyl groups is 4. The summed E-state index contributed by atoms with van der Waals surface area (Å²) in [5.41, 5.74) is -4.49. The number of phenolic OH excluding ortho intramolecular Hbond substituents is 3. The van der Waals surface area contributed by atoms with Crippen molar-refractivity contribution in [2.24, 2.45) is 0 Å². The van der Waals surface area contributed by atoms with Crippen LogP contribution in [0.15, 0.2) is 6.07 Å². The first kappa shape index (κ1) is 27.4. The van der Waals surface area contributed by atoms with Crippen LogP contribution < -0.4 is 0 Å². The van der Waals surface area contributed by atoms with Gasteiger partial charge in [0.05, 0.1) is 23.3 Å². The quantitative estimate of drug-likeness (QED) is 0.112. The average Bonchev–Trinajstić information content (AvgIpc) is 2.79. The predicted octanol–water partition coefficient (Wildman–Crippen LogP) is -1.57. The fourth-order valence-electron chi connectivity index (χ4n) is 4.58. The van der Waals surface area contributed by atoms with Crippen LogP contribution in [0.3, 0.4) is 0 Å². The number of fused-ring (bicyclic) bond motifs is 2. The van der Waals surface area contributed by atoms with Crippen molar-refractivity contribution in [3.63, 3.8) is 0 Å². The van der Waals surface area contributed by atoms with Gasteiger partial charge in [-0.15, -0.1) is 0 Å². The molecule has 1 saturated heterocycles. The van der Waals surface area contributed by atoms with Crippen LogP contribution in [0.25, 0.3) is 0 Å². The summed E-state index contributed by atoms with van der Waals surface area (Å²) in [6, 6.07) is 0.716. The SMILES string of the molecule is Cc1c(C(=O)O)c(O)cc2c1C(=O)c1c(O)c([C@@H]3O[C@H](CO)[C@@H](O)[C@H](O)[C@H]3O)c(O)c(O)c1C2=O.[Li]. The first-order chi connectivity index (χ1) is 16.3. The number of aliphatic hydroxyl groups is 4. The van der Waals surface area contributed by atoms with Gasteiger partial charge in [-0.1, -0.05) is 0 Å².